The average molecular weight is 217 g/mol. The van der Waals surface area contributed by atoms with Crippen molar-refractivity contribution in [2.24, 2.45) is 0 Å². The number of fused-ring (bicyclic) bond motifs is 1. The van der Waals surface area contributed by atoms with Gasteiger partial charge < -0.3 is 10.1 Å². The van der Waals surface area contributed by atoms with Crippen LogP contribution in [0.15, 0.2) is 18.3 Å². The number of nitrogens with one attached hydrogen (secondary N) is 1. The van der Waals surface area contributed by atoms with E-state index in [1.807, 2.05) is 0 Å². The van der Waals surface area contributed by atoms with Gasteiger partial charge in [0.2, 0.25) is 0 Å². The van der Waals surface area contributed by atoms with Crippen LogP contribution in [0.5, 0.6) is 0 Å². The Morgan fingerprint density at radius 3 is 2.56 bits per heavy atom. The van der Waals surface area contributed by atoms with Crippen LogP contribution in [-0.2, 0) is 0 Å². The van der Waals surface area contributed by atoms with Crippen molar-refractivity contribution in [1.29, 1.82) is 0 Å². The first-order valence-electron chi connectivity index (χ1n) is 4.87. The van der Waals surface area contributed by atoms with Gasteiger partial charge >= 0.3 is 5.97 Å². The van der Waals surface area contributed by atoms with Gasteiger partial charge in [-0.15, -0.1) is 0 Å². The summed E-state index contributed by atoms with van der Waals surface area (Å²) in [5.41, 5.74) is 1.94. The molecule has 0 atom stereocenters. The van der Waals surface area contributed by atoms with E-state index >= 15 is 0 Å². The quantitative estimate of drug-likeness (QED) is 0.758. The predicted octanol–water partition coefficient (Wildman–Crippen LogP) is 2.38. The summed E-state index contributed by atoms with van der Waals surface area (Å²) >= 11 is 0. The number of ketones is 1. The largest absolute Gasteiger partial charge is 0.478 e. The Balaban J connectivity index is 2.86. The van der Waals surface area contributed by atoms with Crippen LogP contribution in [0, 0.1) is 6.92 Å². The molecule has 0 radical (unpaired) electrons. The van der Waals surface area contributed by atoms with Gasteiger partial charge in [0, 0.05) is 17.1 Å². The van der Waals surface area contributed by atoms with E-state index < -0.39 is 5.97 Å². The summed E-state index contributed by atoms with van der Waals surface area (Å²) in [4.78, 5) is 25.3. The number of carboxylic acids is 1. The summed E-state index contributed by atoms with van der Waals surface area (Å²) in [6.45, 7) is 3.19. The van der Waals surface area contributed by atoms with Crippen LogP contribution < -0.4 is 0 Å². The molecule has 0 aliphatic rings. The van der Waals surface area contributed by atoms with Crippen LogP contribution in [-0.4, -0.2) is 21.8 Å². The smallest absolute Gasteiger partial charge is 0.338 e. The van der Waals surface area contributed by atoms with Crippen LogP contribution >= 0.6 is 0 Å². The van der Waals surface area contributed by atoms with Crippen molar-refractivity contribution >= 4 is 22.7 Å². The van der Waals surface area contributed by atoms with Gasteiger partial charge in [-0.3, -0.25) is 4.79 Å². The van der Waals surface area contributed by atoms with Crippen LogP contribution in [0.4, 0.5) is 0 Å². The van der Waals surface area contributed by atoms with Gasteiger partial charge in [0.25, 0.3) is 0 Å². The fourth-order valence-corrected chi connectivity index (χ4v) is 1.87. The van der Waals surface area contributed by atoms with Crippen LogP contribution in [0.1, 0.15) is 33.2 Å². The standard InChI is InChI=1S/C12H11NO3/c1-6-3-4-8-9(7(2)14)5-13-11(8)10(6)12(15)16/h3-5,13H,1-2H3,(H,15,16). The highest BCUT2D eigenvalue weighted by atomic mass is 16.4. The number of Topliss-reactive ketones (excluding diaryl/α,β-unsaturated/α-hetero) is 1. The van der Waals surface area contributed by atoms with E-state index in [1.54, 1.807) is 25.3 Å². The molecule has 0 aliphatic heterocycles. The molecule has 0 spiro atoms. The molecule has 0 unspecified atom stereocenters. The molecule has 16 heavy (non-hydrogen) atoms. The lowest BCUT2D eigenvalue weighted by Crippen LogP contribution is -2.01. The number of aromatic nitrogens is 1. The van der Waals surface area contributed by atoms with Crippen LogP contribution in [0.2, 0.25) is 0 Å². The Bertz CT molecular complexity index is 596. The Morgan fingerprint density at radius 1 is 1.31 bits per heavy atom. The maximum absolute atomic E-state index is 11.3. The van der Waals surface area contributed by atoms with Crippen LogP contribution in [0.3, 0.4) is 0 Å². The number of aromatic carboxylic acids is 1. The van der Waals surface area contributed by atoms with E-state index in [1.165, 1.54) is 6.92 Å². The Morgan fingerprint density at radius 2 is 2.00 bits per heavy atom. The first-order valence-corrected chi connectivity index (χ1v) is 4.87. The van der Waals surface area contributed by atoms with Gasteiger partial charge in [0.15, 0.2) is 5.78 Å². The van der Waals surface area contributed by atoms with Gasteiger partial charge in [-0.1, -0.05) is 12.1 Å². The zero-order chi connectivity index (χ0) is 11.9. The van der Waals surface area contributed by atoms with Crippen molar-refractivity contribution in [3.05, 3.63) is 35.0 Å². The predicted molar refractivity (Wildman–Crippen MR) is 60.0 cm³/mol. The van der Waals surface area contributed by atoms with Crippen molar-refractivity contribution in [2.45, 2.75) is 13.8 Å². The van der Waals surface area contributed by atoms with E-state index in [9.17, 15) is 9.59 Å². The number of carbonyl (C=O) groups is 2. The number of carbonyl (C=O) groups excluding carboxylic acids is 1. The molecule has 4 nitrogen and oxygen atoms in total. The zero-order valence-corrected chi connectivity index (χ0v) is 9.00. The number of rotatable bonds is 2. The second-order valence-corrected chi connectivity index (χ2v) is 3.74. The summed E-state index contributed by atoms with van der Waals surface area (Å²) in [5, 5.41) is 9.77. The highest BCUT2D eigenvalue weighted by Crippen LogP contribution is 2.24. The highest BCUT2D eigenvalue weighted by molar-refractivity contribution is 6.12. The normalized spacial score (nSPS) is 10.6. The molecular formula is C12H11NO3. The molecule has 1 heterocycles. The van der Waals surface area contributed by atoms with Crippen molar-refractivity contribution in [2.75, 3.05) is 0 Å². The fraction of sp³-hybridized carbons (Fsp3) is 0.167. The van der Waals surface area contributed by atoms with Crippen molar-refractivity contribution in [3.63, 3.8) is 0 Å². The molecule has 0 amide bonds. The molecule has 4 heteroatoms. The summed E-state index contributed by atoms with van der Waals surface area (Å²) < 4.78 is 0. The maximum atomic E-state index is 11.3. The lowest BCUT2D eigenvalue weighted by Gasteiger charge is -2.02. The monoisotopic (exact) mass is 217 g/mol. The van der Waals surface area contributed by atoms with E-state index in [4.69, 9.17) is 5.11 Å². The second kappa shape index (κ2) is 3.48. The third-order valence-electron chi connectivity index (χ3n) is 2.66. The van der Waals surface area contributed by atoms with Gasteiger partial charge in [0.1, 0.15) is 0 Å². The van der Waals surface area contributed by atoms with Gasteiger partial charge in [-0.25, -0.2) is 4.79 Å². The molecule has 1 aromatic heterocycles. The van der Waals surface area contributed by atoms with Crippen molar-refractivity contribution in [3.8, 4) is 0 Å². The molecule has 82 valence electrons. The molecule has 2 aromatic rings. The number of carboxylic acid groups (broad SMARTS) is 1. The number of hydrogen-bond acceptors (Lipinski definition) is 2. The fourth-order valence-electron chi connectivity index (χ4n) is 1.87. The first-order chi connectivity index (χ1) is 7.52. The number of hydrogen-bond donors (Lipinski definition) is 2. The Hall–Kier alpha value is -2.10. The number of H-pyrrole nitrogens is 1. The topological polar surface area (TPSA) is 70.2 Å². The third-order valence-corrected chi connectivity index (χ3v) is 2.66. The zero-order valence-electron chi connectivity index (χ0n) is 9.00. The van der Waals surface area contributed by atoms with E-state index in [-0.39, 0.29) is 11.3 Å². The lowest BCUT2D eigenvalue weighted by molar-refractivity contribution is 0.0698. The number of aryl methyl sites for hydroxylation is 1. The SMILES string of the molecule is CC(=O)c1c[nH]c2c(C(=O)O)c(C)ccc12. The number of aromatic amines is 1. The third kappa shape index (κ3) is 1.39. The summed E-state index contributed by atoms with van der Waals surface area (Å²) in [6.07, 6.45) is 1.55. The molecule has 2 rings (SSSR count). The minimum Gasteiger partial charge on any atom is -0.478 e. The van der Waals surface area contributed by atoms with E-state index in [0.717, 1.165) is 0 Å². The molecule has 1 aromatic carbocycles. The molecule has 0 fully saturated rings. The van der Waals surface area contributed by atoms with Gasteiger partial charge in [0.05, 0.1) is 11.1 Å². The van der Waals surface area contributed by atoms with Gasteiger partial charge in [-0.05, 0) is 19.4 Å². The molecule has 0 aliphatic carbocycles. The Labute approximate surface area is 91.9 Å². The molecule has 0 saturated carbocycles. The lowest BCUT2D eigenvalue weighted by atomic mass is 10.0. The summed E-state index contributed by atoms with van der Waals surface area (Å²) in [5.74, 6) is -1.06. The first kappa shape index (κ1) is 10.4. The summed E-state index contributed by atoms with van der Waals surface area (Å²) in [7, 11) is 0. The minimum absolute atomic E-state index is 0.0774. The molecule has 2 N–H and O–H groups in total. The molecule has 0 saturated heterocycles. The van der Waals surface area contributed by atoms with Gasteiger partial charge in [-0.2, -0.15) is 0 Å². The highest BCUT2D eigenvalue weighted by Gasteiger charge is 2.16. The van der Waals surface area contributed by atoms with Crippen molar-refractivity contribution in [1.82, 2.24) is 4.98 Å². The van der Waals surface area contributed by atoms with E-state index in [2.05, 4.69) is 4.98 Å². The second-order valence-electron chi connectivity index (χ2n) is 3.74. The number of benzene rings is 1. The molecule has 0 bridgehead atoms. The van der Waals surface area contributed by atoms with E-state index in [0.29, 0.717) is 22.0 Å². The molecular weight excluding hydrogens is 206 g/mol. The minimum atomic E-state index is -0.986. The average Bonchev–Trinajstić information content (AvgIpc) is 2.59. The van der Waals surface area contributed by atoms with Crippen molar-refractivity contribution < 1.29 is 14.7 Å². The Kier molecular flexibility index (Phi) is 2.27. The van der Waals surface area contributed by atoms with Crippen LogP contribution in [0.25, 0.3) is 10.9 Å². The maximum Gasteiger partial charge on any atom is 0.338 e. The summed E-state index contributed by atoms with van der Waals surface area (Å²) in [6, 6.07) is 3.48.